The van der Waals surface area contributed by atoms with Gasteiger partial charge in [0, 0.05) is 0 Å². The molecule has 1 heterocycles. The number of carbonyl (C=O) groups excluding carboxylic acids is 3. The quantitative estimate of drug-likeness (QED) is 0.853. The lowest BCUT2D eigenvalue weighted by Gasteiger charge is -2.22. The number of benzene rings is 1. The number of fused-ring (bicyclic) bond motifs is 1. The summed E-state index contributed by atoms with van der Waals surface area (Å²) in [6.07, 6.45) is -1.21. The number of amides is 2. The second-order valence-corrected chi connectivity index (χ2v) is 6.20. The molecule has 1 aromatic carbocycles. The molecule has 2 rings (SSSR count). The van der Waals surface area contributed by atoms with Gasteiger partial charge in [0.15, 0.2) is 0 Å². The molecular formula is C15H19N5O4. The maximum Gasteiger partial charge on any atom is 0.408 e. The number of hydrogen-bond acceptors (Lipinski definition) is 6. The fourth-order valence-corrected chi connectivity index (χ4v) is 2.03. The van der Waals surface area contributed by atoms with Crippen molar-refractivity contribution >= 4 is 28.9 Å². The second kappa shape index (κ2) is 6.65. The number of alkyl carbamates (subject to hydrolysis) is 1. The average molecular weight is 333 g/mol. The van der Waals surface area contributed by atoms with Crippen LogP contribution in [0.3, 0.4) is 0 Å². The number of para-hydroxylation sites is 1. The van der Waals surface area contributed by atoms with Crippen molar-refractivity contribution in [3.05, 3.63) is 24.3 Å². The molecule has 0 aliphatic rings. The van der Waals surface area contributed by atoms with Crippen molar-refractivity contribution < 1.29 is 19.1 Å². The van der Waals surface area contributed by atoms with Crippen molar-refractivity contribution in [3.8, 4) is 0 Å². The summed E-state index contributed by atoms with van der Waals surface area (Å²) in [5, 5.41) is 10.0. The normalized spacial score (nSPS) is 12.6. The zero-order chi connectivity index (χ0) is 17.9. The first-order valence-corrected chi connectivity index (χ1v) is 7.30. The van der Waals surface area contributed by atoms with Gasteiger partial charge >= 0.3 is 6.09 Å². The van der Waals surface area contributed by atoms with E-state index in [0.29, 0.717) is 11.0 Å². The zero-order valence-corrected chi connectivity index (χ0v) is 13.6. The minimum Gasteiger partial charge on any atom is -0.444 e. The number of primary amides is 1. The van der Waals surface area contributed by atoms with E-state index in [1.54, 1.807) is 45.0 Å². The van der Waals surface area contributed by atoms with E-state index in [1.807, 2.05) is 0 Å². The maximum atomic E-state index is 12.6. The first kappa shape index (κ1) is 17.4. The van der Waals surface area contributed by atoms with Gasteiger partial charge in [0.05, 0.1) is 11.9 Å². The zero-order valence-electron chi connectivity index (χ0n) is 13.6. The Morgan fingerprint density at radius 1 is 1.29 bits per heavy atom. The van der Waals surface area contributed by atoms with Crippen LogP contribution in [0.25, 0.3) is 11.0 Å². The minimum atomic E-state index is -1.21. The average Bonchev–Trinajstić information content (AvgIpc) is 2.87. The summed E-state index contributed by atoms with van der Waals surface area (Å²) >= 11 is 0. The van der Waals surface area contributed by atoms with E-state index < -0.39 is 29.6 Å². The Morgan fingerprint density at radius 2 is 1.96 bits per heavy atom. The molecule has 24 heavy (non-hydrogen) atoms. The van der Waals surface area contributed by atoms with E-state index >= 15 is 0 Å². The maximum absolute atomic E-state index is 12.6. The summed E-state index contributed by atoms with van der Waals surface area (Å²) in [5.74, 6) is -1.37. The Hall–Kier alpha value is -2.97. The smallest absolute Gasteiger partial charge is 0.408 e. The first-order valence-electron chi connectivity index (χ1n) is 7.30. The van der Waals surface area contributed by atoms with Crippen molar-refractivity contribution in [3.63, 3.8) is 0 Å². The van der Waals surface area contributed by atoms with Crippen LogP contribution in [-0.4, -0.2) is 44.5 Å². The van der Waals surface area contributed by atoms with E-state index in [1.165, 1.54) is 0 Å². The Kier molecular flexibility index (Phi) is 4.82. The predicted molar refractivity (Wildman–Crippen MR) is 85.1 cm³/mol. The number of rotatable bonds is 4. The fraction of sp³-hybridized carbons (Fsp3) is 0.400. The third-order valence-electron chi connectivity index (χ3n) is 2.95. The van der Waals surface area contributed by atoms with Crippen LogP contribution in [-0.2, 0) is 9.53 Å². The van der Waals surface area contributed by atoms with Crippen LogP contribution in [0.1, 0.15) is 32.0 Å². The molecule has 0 aliphatic heterocycles. The third-order valence-corrected chi connectivity index (χ3v) is 2.95. The van der Waals surface area contributed by atoms with Gasteiger partial charge in [-0.15, -0.1) is 5.10 Å². The molecule has 1 aromatic heterocycles. The number of hydrogen-bond donors (Lipinski definition) is 2. The lowest BCUT2D eigenvalue weighted by molar-refractivity contribution is -0.118. The van der Waals surface area contributed by atoms with Crippen molar-refractivity contribution in [2.45, 2.75) is 38.8 Å². The molecule has 0 saturated carbocycles. The number of nitrogens with zero attached hydrogens (tertiary/aromatic N) is 3. The van der Waals surface area contributed by atoms with E-state index in [9.17, 15) is 14.4 Å². The molecule has 3 N–H and O–H groups in total. The van der Waals surface area contributed by atoms with Crippen LogP contribution in [0, 0.1) is 0 Å². The number of ether oxygens (including phenoxy) is 1. The Bertz CT molecular complexity index is 778. The molecule has 0 radical (unpaired) electrons. The Labute approximate surface area is 138 Å². The van der Waals surface area contributed by atoms with Gasteiger partial charge in [0.2, 0.25) is 5.91 Å². The van der Waals surface area contributed by atoms with E-state index in [-0.39, 0.29) is 6.42 Å². The highest BCUT2D eigenvalue weighted by atomic mass is 16.6. The van der Waals surface area contributed by atoms with Crippen molar-refractivity contribution in [1.82, 2.24) is 20.3 Å². The molecule has 1 atom stereocenters. The van der Waals surface area contributed by atoms with Crippen molar-refractivity contribution in [1.29, 1.82) is 0 Å². The molecule has 0 aliphatic carbocycles. The van der Waals surface area contributed by atoms with Gasteiger partial charge in [0.25, 0.3) is 5.91 Å². The van der Waals surface area contributed by atoms with E-state index in [4.69, 9.17) is 10.5 Å². The van der Waals surface area contributed by atoms with Gasteiger partial charge in [0.1, 0.15) is 17.2 Å². The number of aromatic nitrogens is 3. The minimum absolute atomic E-state index is 0.383. The Morgan fingerprint density at radius 3 is 2.58 bits per heavy atom. The van der Waals surface area contributed by atoms with Crippen molar-refractivity contribution in [2.75, 3.05) is 0 Å². The summed E-state index contributed by atoms with van der Waals surface area (Å²) in [6, 6.07) is 5.62. The predicted octanol–water partition coefficient (Wildman–Crippen LogP) is 0.840. The van der Waals surface area contributed by atoms with Crippen LogP contribution in [0.4, 0.5) is 4.79 Å². The molecule has 128 valence electrons. The summed E-state index contributed by atoms with van der Waals surface area (Å²) in [6.45, 7) is 5.05. The fourth-order valence-electron chi connectivity index (χ4n) is 2.03. The molecule has 0 spiro atoms. The number of nitrogens with one attached hydrogen (secondary N) is 1. The largest absolute Gasteiger partial charge is 0.444 e. The van der Waals surface area contributed by atoms with Crippen LogP contribution in [0.5, 0.6) is 0 Å². The van der Waals surface area contributed by atoms with Gasteiger partial charge in [-0.1, -0.05) is 17.3 Å². The molecular weight excluding hydrogens is 314 g/mol. The van der Waals surface area contributed by atoms with E-state index in [0.717, 1.165) is 4.68 Å². The van der Waals surface area contributed by atoms with Gasteiger partial charge < -0.3 is 15.8 Å². The molecule has 2 amide bonds. The molecule has 0 unspecified atom stereocenters. The number of carbonyl (C=O) groups is 3. The van der Waals surface area contributed by atoms with Crippen LogP contribution >= 0.6 is 0 Å². The summed E-state index contributed by atoms with van der Waals surface area (Å²) in [7, 11) is 0. The highest BCUT2D eigenvalue weighted by molar-refractivity contribution is 5.96. The molecule has 2 aromatic rings. The lowest BCUT2D eigenvalue weighted by atomic mass is 10.2. The summed E-state index contributed by atoms with van der Waals surface area (Å²) in [5.41, 5.74) is 5.40. The van der Waals surface area contributed by atoms with Crippen LogP contribution in [0.2, 0.25) is 0 Å². The SMILES string of the molecule is CC(C)(C)OC(=O)N[C@@H](CC(N)=O)C(=O)n1nnc2ccccc21. The molecule has 9 nitrogen and oxygen atoms in total. The molecule has 0 bridgehead atoms. The summed E-state index contributed by atoms with van der Waals surface area (Å²) in [4.78, 5) is 35.8. The van der Waals surface area contributed by atoms with Crippen LogP contribution < -0.4 is 11.1 Å². The van der Waals surface area contributed by atoms with Crippen molar-refractivity contribution in [2.24, 2.45) is 5.73 Å². The van der Waals surface area contributed by atoms with Gasteiger partial charge in [-0.3, -0.25) is 9.59 Å². The monoisotopic (exact) mass is 333 g/mol. The first-order chi connectivity index (χ1) is 11.2. The second-order valence-electron chi connectivity index (χ2n) is 6.20. The molecule has 0 saturated heterocycles. The highest BCUT2D eigenvalue weighted by Gasteiger charge is 2.28. The lowest BCUT2D eigenvalue weighted by Crippen LogP contribution is -2.47. The van der Waals surface area contributed by atoms with Crippen LogP contribution in [0.15, 0.2) is 24.3 Å². The Balaban J connectivity index is 2.25. The topological polar surface area (TPSA) is 129 Å². The van der Waals surface area contributed by atoms with Gasteiger partial charge in [-0.2, -0.15) is 4.68 Å². The standard InChI is InChI=1S/C15H19N5O4/c1-15(2,3)24-14(23)17-10(8-12(16)21)13(22)20-11-7-5-4-6-9(11)18-19-20/h4-7,10H,8H2,1-3H3,(H2,16,21)(H,17,23)/t10-/m0/s1. The van der Waals surface area contributed by atoms with E-state index in [2.05, 4.69) is 15.6 Å². The van der Waals surface area contributed by atoms with Gasteiger partial charge in [-0.25, -0.2) is 4.79 Å². The molecule has 0 fully saturated rings. The molecule has 9 heteroatoms. The summed E-state index contributed by atoms with van der Waals surface area (Å²) < 4.78 is 6.13. The van der Waals surface area contributed by atoms with Gasteiger partial charge in [-0.05, 0) is 32.9 Å². The highest BCUT2D eigenvalue weighted by Crippen LogP contribution is 2.12. The third kappa shape index (κ3) is 4.28. The number of nitrogens with two attached hydrogens (primary N) is 1.